The van der Waals surface area contributed by atoms with Crippen molar-refractivity contribution in [3.8, 4) is 17.6 Å². The molecule has 1 nitrogen and oxygen atoms in total. The van der Waals surface area contributed by atoms with Crippen LogP contribution in [0.1, 0.15) is 25.8 Å². The van der Waals surface area contributed by atoms with E-state index < -0.39 is 0 Å². The number of halogens is 1. The lowest BCUT2D eigenvalue weighted by Gasteiger charge is -2.10. The third kappa shape index (κ3) is 3.79. The molecule has 0 bridgehead atoms. The van der Waals surface area contributed by atoms with Crippen molar-refractivity contribution >= 4 is 11.6 Å². The van der Waals surface area contributed by atoms with Crippen LogP contribution in [0.2, 0.25) is 5.02 Å². The zero-order chi connectivity index (χ0) is 12.0. The number of hydrogen-bond donors (Lipinski definition) is 0. The first-order valence-corrected chi connectivity index (χ1v) is 5.86. The standard InChI is InChI=1S/C14H17ClO/c1-4-5-6-11(2)9-12-10-13(15)7-8-14(12)16-3/h7-8,10-11H,4,9H2,1-3H3. The van der Waals surface area contributed by atoms with Crippen molar-refractivity contribution in [1.29, 1.82) is 0 Å². The van der Waals surface area contributed by atoms with Gasteiger partial charge < -0.3 is 4.74 Å². The summed E-state index contributed by atoms with van der Waals surface area (Å²) in [5.41, 5.74) is 1.12. The molecule has 0 spiro atoms. The van der Waals surface area contributed by atoms with Crippen LogP contribution < -0.4 is 4.74 Å². The fourth-order valence-corrected chi connectivity index (χ4v) is 1.76. The van der Waals surface area contributed by atoms with Crippen LogP contribution in [-0.2, 0) is 6.42 Å². The predicted octanol–water partition coefficient (Wildman–Crippen LogP) is 3.94. The zero-order valence-electron chi connectivity index (χ0n) is 10.0. The smallest absolute Gasteiger partial charge is 0.122 e. The van der Waals surface area contributed by atoms with Crippen molar-refractivity contribution in [3.05, 3.63) is 28.8 Å². The molecule has 86 valence electrons. The summed E-state index contributed by atoms with van der Waals surface area (Å²) in [6.45, 7) is 4.17. The Morgan fingerprint density at radius 1 is 1.44 bits per heavy atom. The number of benzene rings is 1. The summed E-state index contributed by atoms with van der Waals surface area (Å²) in [4.78, 5) is 0. The Kier molecular flexibility index (Phi) is 5.22. The topological polar surface area (TPSA) is 9.23 Å². The van der Waals surface area contributed by atoms with Gasteiger partial charge in [-0.2, -0.15) is 0 Å². The molecule has 0 amide bonds. The zero-order valence-corrected chi connectivity index (χ0v) is 10.8. The predicted molar refractivity (Wildman–Crippen MR) is 68.9 cm³/mol. The van der Waals surface area contributed by atoms with E-state index in [4.69, 9.17) is 16.3 Å². The Morgan fingerprint density at radius 2 is 2.19 bits per heavy atom. The quantitative estimate of drug-likeness (QED) is 0.723. The van der Waals surface area contributed by atoms with E-state index in [-0.39, 0.29) is 0 Å². The molecule has 1 unspecified atom stereocenters. The second kappa shape index (κ2) is 6.45. The van der Waals surface area contributed by atoms with Crippen LogP contribution in [0.4, 0.5) is 0 Å². The molecule has 0 N–H and O–H groups in total. The molecule has 0 aromatic heterocycles. The minimum absolute atomic E-state index is 0.326. The van der Waals surface area contributed by atoms with Crippen LogP contribution in [0.15, 0.2) is 18.2 Å². The van der Waals surface area contributed by atoms with Gasteiger partial charge in [-0.3, -0.25) is 0 Å². The maximum atomic E-state index is 5.97. The maximum Gasteiger partial charge on any atom is 0.122 e. The van der Waals surface area contributed by atoms with E-state index in [1.54, 1.807) is 7.11 Å². The highest BCUT2D eigenvalue weighted by atomic mass is 35.5. The minimum atomic E-state index is 0.326. The summed E-state index contributed by atoms with van der Waals surface area (Å²) < 4.78 is 5.30. The molecule has 1 aromatic carbocycles. The van der Waals surface area contributed by atoms with Crippen molar-refractivity contribution in [1.82, 2.24) is 0 Å². The molecule has 0 heterocycles. The number of ether oxygens (including phenoxy) is 1. The Balaban J connectivity index is 2.82. The van der Waals surface area contributed by atoms with Gasteiger partial charge in [0.15, 0.2) is 0 Å². The van der Waals surface area contributed by atoms with Crippen LogP contribution in [-0.4, -0.2) is 7.11 Å². The van der Waals surface area contributed by atoms with E-state index in [1.165, 1.54) is 0 Å². The Morgan fingerprint density at radius 3 is 2.81 bits per heavy atom. The minimum Gasteiger partial charge on any atom is -0.496 e. The highest BCUT2D eigenvalue weighted by Gasteiger charge is 2.07. The lowest BCUT2D eigenvalue weighted by atomic mass is 10.0. The third-order valence-electron chi connectivity index (χ3n) is 2.29. The van der Waals surface area contributed by atoms with Gasteiger partial charge in [-0.05, 0) is 30.2 Å². The summed E-state index contributed by atoms with van der Waals surface area (Å²) >= 11 is 5.97. The van der Waals surface area contributed by atoms with E-state index in [0.29, 0.717) is 5.92 Å². The molecule has 0 aliphatic rings. The lowest BCUT2D eigenvalue weighted by Crippen LogP contribution is -1.99. The molecule has 1 aromatic rings. The van der Waals surface area contributed by atoms with Gasteiger partial charge in [-0.25, -0.2) is 0 Å². The van der Waals surface area contributed by atoms with Gasteiger partial charge >= 0.3 is 0 Å². The molecular formula is C14H17ClO. The van der Waals surface area contributed by atoms with Gasteiger partial charge in [0.1, 0.15) is 5.75 Å². The van der Waals surface area contributed by atoms with Gasteiger partial charge in [-0.1, -0.05) is 31.4 Å². The second-order valence-corrected chi connectivity index (χ2v) is 4.17. The normalized spacial score (nSPS) is 11.5. The summed E-state index contributed by atoms with van der Waals surface area (Å²) in [7, 11) is 1.68. The van der Waals surface area contributed by atoms with E-state index in [1.807, 2.05) is 18.2 Å². The van der Waals surface area contributed by atoms with Crippen LogP contribution in [0, 0.1) is 17.8 Å². The van der Waals surface area contributed by atoms with E-state index in [2.05, 4.69) is 25.7 Å². The monoisotopic (exact) mass is 236 g/mol. The van der Waals surface area contributed by atoms with Crippen molar-refractivity contribution in [3.63, 3.8) is 0 Å². The van der Waals surface area contributed by atoms with Crippen molar-refractivity contribution in [2.75, 3.05) is 7.11 Å². The van der Waals surface area contributed by atoms with Crippen LogP contribution in [0.25, 0.3) is 0 Å². The Labute approximate surface area is 103 Å². The maximum absolute atomic E-state index is 5.97. The molecule has 0 fully saturated rings. The Bertz CT molecular complexity index is 401. The third-order valence-corrected chi connectivity index (χ3v) is 2.53. The Hall–Kier alpha value is -1.13. The highest BCUT2D eigenvalue weighted by Crippen LogP contribution is 2.24. The first-order chi connectivity index (χ1) is 7.67. The second-order valence-electron chi connectivity index (χ2n) is 3.74. The fraction of sp³-hybridized carbons (Fsp3) is 0.429. The van der Waals surface area contributed by atoms with Gasteiger partial charge in [-0.15, -0.1) is 5.92 Å². The molecule has 16 heavy (non-hydrogen) atoms. The molecular weight excluding hydrogens is 220 g/mol. The first kappa shape index (κ1) is 12.9. The lowest BCUT2D eigenvalue weighted by molar-refractivity contribution is 0.408. The fourth-order valence-electron chi connectivity index (χ4n) is 1.56. The van der Waals surface area contributed by atoms with Crippen LogP contribution in [0.5, 0.6) is 5.75 Å². The van der Waals surface area contributed by atoms with E-state index in [9.17, 15) is 0 Å². The van der Waals surface area contributed by atoms with E-state index in [0.717, 1.165) is 29.2 Å². The van der Waals surface area contributed by atoms with Crippen LogP contribution >= 0.6 is 11.6 Å². The molecule has 0 aliphatic heterocycles. The van der Waals surface area contributed by atoms with Crippen molar-refractivity contribution in [2.45, 2.75) is 26.7 Å². The summed E-state index contributed by atoms with van der Waals surface area (Å²) in [6, 6.07) is 5.69. The average Bonchev–Trinajstić information content (AvgIpc) is 2.27. The van der Waals surface area contributed by atoms with E-state index >= 15 is 0 Å². The summed E-state index contributed by atoms with van der Waals surface area (Å²) in [6.07, 6.45) is 1.77. The average molecular weight is 237 g/mol. The molecule has 2 heteroatoms. The first-order valence-electron chi connectivity index (χ1n) is 5.48. The van der Waals surface area contributed by atoms with Gasteiger partial charge in [0, 0.05) is 17.4 Å². The number of methoxy groups -OCH3 is 1. The molecule has 1 rings (SSSR count). The van der Waals surface area contributed by atoms with Gasteiger partial charge in [0.05, 0.1) is 7.11 Å². The molecule has 0 saturated carbocycles. The number of rotatable bonds is 3. The van der Waals surface area contributed by atoms with Crippen LogP contribution in [0.3, 0.4) is 0 Å². The molecule has 1 atom stereocenters. The summed E-state index contributed by atoms with van der Waals surface area (Å²) in [5.74, 6) is 7.51. The summed E-state index contributed by atoms with van der Waals surface area (Å²) in [5, 5.41) is 0.742. The highest BCUT2D eigenvalue weighted by molar-refractivity contribution is 6.30. The molecule has 0 aliphatic carbocycles. The van der Waals surface area contributed by atoms with Gasteiger partial charge in [0.2, 0.25) is 0 Å². The van der Waals surface area contributed by atoms with Crippen molar-refractivity contribution < 1.29 is 4.74 Å². The SMILES string of the molecule is CCC#CC(C)Cc1cc(Cl)ccc1OC. The number of hydrogen-bond acceptors (Lipinski definition) is 1. The van der Waals surface area contributed by atoms with Crippen molar-refractivity contribution in [2.24, 2.45) is 5.92 Å². The van der Waals surface area contributed by atoms with Gasteiger partial charge in [0.25, 0.3) is 0 Å². The molecule has 0 radical (unpaired) electrons. The molecule has 0 saturated heterocycles. The largest absolute Gasteiger partial charge is 0.496 e.